The maximum Gasteiger partial charge on any atom is 0.185 e. The average Bonchev–Trinajstić information content (AvgIpc) is 2.38. The fourth-order valence-corrected chi connectivity index (χ4v) is 1.87. The van der Waals surface area contributed by atoms with E-state index >= 15 is 0 Å². The third-order valence-electron chi connectivity index (χ3n) is 2.51. The minimum Gasteiger partial charge on any atom is -0.289 e. The molecule has 0 amide bonds. The molecule has 0 aliphatic rings. The smallest absolute Gasteiger partial charge is 0.185 e. The lowest BCUT2D eigenvalue weighted by Gasteiger charge is -1.98. The van der Waals surface area contributed by atoms with Crippen LogP contribution in [0.3, 0.4) is 0 Å². The van der Waals surface area contributed by atoms with Crippen molar-refractivity contribution in [3.8, 4) is 0 Å². The van der Waals surface area contributed by atoms with Gasteiger partial charge in [0.15, 0.2) is 5.78 Å². The zero-order chi connectivity index (χ0) is 13.8. The molecule has 96 valence electrons. The van der Waals surface area contributed by atoms with Crippen molar-refractivity contribution in [2.24, 2.45) is 0 Å². The number of allylic oxidation sites excluding steroid dienone is 1. The molecule has 0 N–H and O–H groups in total. The van der Waals surface area contributed by atoms with Crippen molar-refractivity contribution in [3.05, 3.63) is 75.5 Å². The van der Waals surface area contributed by atoms with E-state index in [4.69, 9.17) is 23.2 Å². The van der Waals surface area contributed by atoms with Crippen molar-refractivity contribution >= 4 is 35.1 Å². The van der Waals surface area contributed by atoms with Crippen LogP contribution in [0.15, 0.2) is 48.5 Å². The molecule has 0 saturated carbocycles. The number of hydrogen-bond donors (Lipinski definition) is 0. The van der Waals surface area contributed by atoms with Gasteiger partial charge in [0.1, 0.15) is 5.82 Å². The van der Waals surface area contributed by atoms with Gasteiger partial charge >= 0.3 is 0 Å². The third-order valence-corrected chi connectivity index (χ3v) is 3.08. The van der Waals surface area contributed by atoms with Crippen LogP contribution in [-0.2, 0) is 0 Å². The van der Waals surface area contributed by atoms with Gasteiger partial charge in [-0.3, -0.25) is 4.79 Å². The Hall–Kier alpha value is -1.64. The molecule has 0 radical (unpaired) electrons. The van der Waals surface area contributed by atoms with Crippen LogP contribution in [0.2, 0.25) is 10.0 Å². The van der Waals surface area contributed by atoms with Crippen LogP contribution in [0.4, 0.5) is 4.39 Å². The van der Waals surface area contributed by atoms with Crippen LogP contribution in [-0.4, -0.2) is 5.78 Å². The molecule has 0 aromatic heterocycles. The van der Waals surface area contributed by atoms with E-state index in [-0.39, 0.29) is 10.8 Å². The van der Waals surface area contributed by atoms with Crippen LogP contribution in [0.5, 0.6) is 0 Å². The second-order valence-corrected chi connectivity index (χ2v) is 4.71. The highest BCUT2D eigenvalue weighted by molar-refractivity contribution is 6.32. The normalized spacial score (nSPS) is 10.9. The van der Waals surface area contributed by atoms with E-state index in [2.05, 4.69) is 0 Å². The highest BCUT2D eigenvalue weighted by atomic mass is 35.5. The van der Waals surface area contributed by atoms with Gasteiger partial charge in [0.25, 0.3) is 0 Å². The number of benzene rings is 2. The van der Waals surface area contributed by atoms with Crippen molar-refractivity contribution in [3.63, 3.8) is 0 Å². The first-order valence-corrected chi connectivity index (χ1v) is 6.25. The number of ketones is 1. The number of carbonyl (C=O) groups excluding carboxylic acids is 1. The van der Waals surface area contributed by atoms with Gasteiger partial charge in [-0.05, 0) is 54.1 Å². The molecule has 0 saturated heterocycles. The predicted molar refractivity (Wildman–Crippen MR) is 76.2 cm³/mol. The molecule has 0 unspecified atom stereocenters. The highest BCUT2D eigenvalue weighted by Gasteiger charge is 2.03. The summed E-state index contributed by atoms with van der Waals surface area (Å²) in [6.07, 6.45) is 2.95. The van der Waals surface area contributed by atoms with Crippen molar-refractivity contribution in [2.75, 3.05) is 0 Å². The summed E-state index contributed by atoms with van der Waals surface area (Å²) in [7, 11) is 0. The fourth-order valence-electron chi connectivity index (χ4n) is 1.51. The van der Waals surface area contributed by atoms with E-state index < -0.39 is 5.82 Å². The van der Waals surface area contributed by atoms with E-state index in [1.54, 1.807) is 30.3 Å². The quantitative estimate of drug-likeness (QED) is 0.573. The van der Waals surface area contributed by atoms with Crippen molar-refractivity contribution in [1.82, 2.24) is 0 Å². The SMILES string of the molecule is O=C(/C=C/c1ccc(F)cc1Cl)c1ccc(Cl)cc1. The largest absolute Gasteiger partial charge is 0.289 e. The predicted octanol–water partition coefficient (Wildman–Crippen LogP) is 5.03. The van der Waals surface area contributed by atoms with Crippen LogP contribution < -0.4 is 0 Å². The topological polar surface area (TPSA) is 17.1 Å². The van der Waals surface area contributed by atoms with E-state index in [1.165, 1.54) is 24.3 Å². The zero-order valence-corrected chi connectivity index (χ0v) is 11.3. The van der Waals surface area contributed by atoms with E-state index in [1.807, 2.05) is 0 Å². The summed E-state index contributed by atoms with van der Waals surface area (Å²) < 4.78 is 12.9. The maximum absolute atomic E-state index is 12.9. The lowest BCUT2D eigenvalue weighted by molar-refractivity contribution is 0.104. The van der Waals surface area contributed by atoms with Gasteiger partial charge in [0.2, 0.25) is 0 Å². The first-order valence-electron chi connectivity index (χ1n) is 5.49. The molecule has 0 heterocycles. The summed E-state index contributed by atoms with van der Waals surface area (Å²) in [6.45, 7) is 0. The Bertz CT molecular complexity index is 633. The first kappa shape index (κ1) is 13.8. The summed E-state index contributed by atoms with van der Waals surface area (Å²) in [5, 5.41) is 0.835. The van der Waals surface area contributed by atoms with Gasteiger partial charge < -0.3 is 0 Å². The Morgan fingerprint density at radius 3 is 2.37 bits per heavy atom. The minimum absolute atomic E-state index is 0.169. The van der Waals surface area contributed by atoms with E-state index in [0.29, 0.717) is 16.1 Å². The molecule has 0 fully saturated rings. The summed E-state index contributed by atoms with van der Waals surface area (Å²) >= 11 is 11.6. The Balaban J connectivity index is 2.18. The maximum atomic E-state index is 12.9. The van der Waals surface area contributed by atoms with E-state index in [9.17, 15) is 9.18 Å². The Labute approximate surface area is 120 Å². The van der Waals surface area contributed by atoms with Crippen LogP contribution in [0.1, 0.15) is 15.9 Å². The molecular weight excluding hydrogens is 286 g/mol. The molecule has 0 aliphatic carbocycles. The second-order valence-electron chi connectivity index (χ2n) is 3.87. The van der Waals surface area contributed by atoms with Crippen LogP contribution >= 0.6 is 23.2 Å². The molecule has 0 spiro atoms. The van der Waals surface area contributed by atoms with Crippen LogP contribution in [0, 0.1) is 5.82 Å². The number of halogens is 3. The lowest BCUT2D eigenvalue weighted by atomic mass is 10.1. The first-order chi connectivity index (χ1) is 9.06. The third kappa shape index (κ3) is 3.66. The molecule has 0 bridgehead atoms. The lowest BCUT2D eigenvalue weighted by Crippen LogP contribution is -1.93. The second kappa shape index (κ2) is 6.00. The molecule has 2 rings (SSSR count). The molecule has 2 aromatic rings. The molecule has 0 atom stereocenters. The van der Waals surface area contributed by atoms with Gasteiger partial charge in [-0.25, -0.2) is 4.39 Å². The molecule has 1 nitrogen and oxygen atoms in total. The Morgan fingerprint density at radius 2 is 1.74 bits per heavy atom. The molecule has 19 heavy (non-hydrogen) atoms. The van der Waals surface area contributed by atoms with Crippen LogP contribution in [0.25, 0.3) is 6.08 Å². The highest BCUT2D eigenvalue weighted by Crippen LogP contribution is 2.19. The van der Waals surface area contributed by atoms with Crippen molar-refractivity contribution in [1.29, 1.82) is 0 Å². The monoisotopic (exact) mass is 294 g/mol. The Kier molecular flexibility index (Phi) is 4.35. The van der Waals surface area contributed by atoms with Gasteiger partial charge in [-0.15, -0.1) is 0 Å². The molecular formula is C15H9Cl2FO. The van der Waals surface area contributed by atoms with E-state index in [0.717, 1.165) is 0 Å². The molecule has 0 aliphatic heterocycles. The van der Waals surface area contributed by atoms with Gasteiger partial charge in [-0.1, -0.05) is 29.3 Å². The number of carbonyl (C=O) groups is 1. The zero-order valence-electron chi connectivity index (χ0n) is 9.74. The number of rotatable bonds is 3. The molecule has 4 heteroatoms. The summed E-state index contributed by atoms with van der Waals surface area (Å²) in [4.78, 5) is 11.9. The van der Waals surface area contributed by atoms with Gasteiger partial charge in [0.05, 0.1) is 5.02 Å². The average molecular weight is 295 g/mol. The fraction of sp³-hybridized carbons (Fsp3) is 0. The molecule has 2 aromatic carbocycles. The van der Waals surface area contributed by atoms with Crippen molar-refractivity contribution in [2.45, 2.75) is 0 Å². The van der Waals surface area contributed by atoms with Crippen molar-refractivity contribution < 1.29 is 9.18 Å². The van der Waals surface area contributed by atoms with Gasteiger partial charge in [-0.2, -0.15) is 0 Å². The summed E-state index contributed by atoms with van der Waals surface area (Å²) in [5.74, 6) is -0.580. The number of hydrogen-bond acceptors (Lipinski definition) is 1. The summed E-state index contributed by atoms with van der Waals surface area (Å²) in [5.41, 5.74) is 1.12. The van der Waals surface area contributed by atoms with Gasteiger partial charge in [0, 0.05) is 10.6 Å². The Morgan fingerprint density at radius 1 is 1.05 bits per heavy atom. The minimum atomic E-state index is -0.411. The summed E-state index contributed by atoms with van der Waals surface area (Å²) in [6, 6.07) is 10.6. The standard InChI is InChI=1S/C15H9Cl2FO/c16-12-5-1-11(2-6-12)15(19)8-4-10-3-7-13(18)9-14(10)17/h1-9H/b8-4+.